The first-order valence-electron chi connectivity index (χ1n) is 12.6. The first kappa shape index (κ1) is 25.5. The standard InChI is InChI=1S/C29H38N2O3/c1-4-5-6-7-8-9-10-22-11-16-27-26(17-22)25(23-12-14-24(32)15-13-23)18-28(30-27)31(19-21(2)3)20-29(33)34/h11-18,21,32H,4-10,19-20H2,1-3H3,(H,33,34). The van der Waals surface area contributed by atoms with Crippen LogP contribution >= 0.6 is 0 Å². The van der Waals surface area contributed by atoms with Crippen LogP contribution in [0.15, 0.2) is 48.5 Å². The Morgan fingerprint density at radius 2 is 1.68 bits per heavy atom. The van der Waals surface area contributed by atoms with Crippen molar-refractivity contribution in [2.75, 3.05) is 18.0 Å². The van der Waals surface area contributed by atoms with Gasteiger partial charge in [-0.15, -0.1) is 0 Å². The number of nitrogens with zero attached hydrogens (tertiary/aromatic N) is 2. The number of rotatable bonds is 13. The molecule has 0 unspecified atom stereocenters. The fraction of sp³-hybridized carbons (Fsp3) is 0.448. The van der Waals surface area contributed by atoms with E-state index >= 15 is 0 Å². The number of carboxylic acid groups (broad SMARTS) is 1. The second-order valence-electron chi connectivity index (χ2n) is 9.61. The minimum atomic E-state index is -0.872. The number of anilines is 1. The Kier molecular flexibility index (Phi) is 9.32. The summed E-state index contributed by atoms with van der Waals surface area (Å²) in [7, 11) is 0. The van der Waals surface area contributed by atoms with Gasteiger partial charge in [0.1, 0.15) is 18.1 Å². The van der Waals surface area contributed by atoms with E-state index in [1.165, 1.54) is 44.1 Å². The fourth-order valence-corrected chi connectivity index (χ4v) is 4.41. The number of aromatic hydroxyl groups is 1. The van der Waals surface area contributed by atoms with Crippen LogP contribution in [0, 0.1) is 5.92 Å². The highest BCUT2D eigenvalue weighted by Crippen LogP contribution is 2.33. The van der Waals surface area contributed by atoms with Crippen molar-refractivity contribution in [2.24, 2.45) is 5.92 Å². The van der Waals surface area contributed by atoms with Gasteiger partial charge in [0.2, 0.25) is 0 Å². The molecule has 2 N–H and O–H groups in total. The number of phenolic OH excluding ortho intramolecular Hbond substituents is 1. The maximum atomic E-state index is 11.6. The summed E-state index contributed by atoms with van der Waals surface area (Å²) in [4.78, 5) is 18.3. The Morgan fingerprint density at radius 1 is 0.971 bits per heavy atom. The Labute approximate surface area is 203 Å². The lowest BCUT2D eigenvalue weighted by Gasteiger charge is -2.25. The summed E-state index contributed by atoms with van der Waals surface area (Å²) in [6.07, 6.45) is 8.65. The molecule has 0 aliphatic heterocycles. The van der Waals surface area contributed by atoms with Gasteiger partial charge in [-0.3, -0.25) is 4.79 Å². The van der Waals surface area contributed by atoms with Crippen LogP contribution < -0.4 is 4.90 Å². The highest BCUT2D eigenvalue weighted by Gasteiger charge is 2.17. The minimum absolute atomic E-state index is 0.0954. The van der Waals surface area contributed by atoms with Crippen molar-refractivity contribution in [1.82, 2.24) is 4.98 Å². The normalized spacial score (nSPS) is 11.3. The number of aliphatic carboxylic acids is 1. The second kappa shape index (κ2) is 12.4. The third-order valence-corrected chi connectivity index (χ3v) is 6.09. The molecule has 5 heteroatoms. The molecule has 0 amide bonds. The maximum Gasteiger partial charge on any atom is 0.323 e. The van der Waals surface area contributed by atoms with Crippen molar-refractivity contribution in [3.63, 3.8) is 0 Å². The molecule has 0 fully saturated rings. The van der Waals surface area contributed by atoms with Crippen LogP contribution in [0.25, 0.3) is 22.0 Å². The van der Waals surface area contributed by atoms with E-state index in [-0.39, 0.29) is 12.3 Å². The van der Waals surface area contributed by atoms with Gasteiger partial charge in [-0.05, 0) is 65.8 Å². The van der Waals surface area contributed by atoms with E-state index in [0.717, 1.165) is 28.5 Å². The van der Waals surface area contributed by atoms with Crippen LogP contribution in [0.4, 0.5) is 5.82 Å². The van der Waals surface area contributed by atoms with Crippen molar-refractivity contribution in [2.45, 2.75) is 65.7 Å². The highest BCUT2D eigenvalue weighted by atomic mass is 16.4. The van der Waals surface area contributed by atoms with Gasteiger partial charge in [0, 0.05) is 11.9 Å². The number of benzene rings is 2. The van der Waals surface area contributed by atoms with Crippen LogP contribution in [0.2, 0.25) is 0 Å². The topological polar surface area (TPSA) is 73.7 Å². The summed E-state index contributed by atoms with van der Waals surface area (Å²) < 4.78 is 0. The molecule has 3 rings (SSSR count). The molecule has 5 nitrogen and oxygen atoms in total. The molecular weight excluding hydrogens is 424 g/mol. The predicted octanol–water partition coefficient (Wildman–Crippen LogP) is 7.06. The lowest BCUT2D eigenvalue weighted by atomic mass is 9.97. The van der Waals surface area contributed by atoms with E-state index in [1.807, 2.05) is 23.1 Å². The molecule has 0 saturated carbocycles. The molecular formula is C29H38N2O3. The second-order valence-corrected chi connectivity index (χ2v) is 9.61. The van der Waals surface area contributed by atoms with Gasteiger partial charge < -0.3 is 15.1 Å². The van der Waals surface area contributed by atoms with E-state index in [2.05, 4.69) is 39.0 Å². The molecule has 34 heavy (non-hydrogen) atoms. The van der Waals surface area contributed by atoms with Gasteiger partial charge in [-0.25, -0.2) is 4.98 Å². The smallest absolute Gasteiger partial charge is 0.323 e. The van der Waals surface area contributed by atoms with E-state index in [0.29, 0.717) is 18.3 Å². The molecule has 0 atom stereocenters. The van der Waals surface area contributed by atoms with E-state index in [9.17, 15) is 15.0 Å². The summed E-state index contributed by atoms with van der Waals surface area (Å²) in [5.74, 6) is 0.311. The Balaban J connectivity index is 1.98. The van der Waals surface area contributed by atoms with Crippen molar-refractivity contribution in [3.8, 4) is 16.9 Å². The molecule has 0 radical (unpaired) electrons. The molecule has 2 aromatic carbocycles. The van der Waals surface area contributed by atoms with Crippen molar-refractivity contribution in [1.29, 1.82) is 0 Å². The van der Waals surface area contributed by atoms with Gasteiger partial charge in [-0.1, -0.05) is 71.1 Å². The van der Waals surface area contributed by atoms with Gasteiger partial charge in [0.15, 0.2) is 0 Å². The number of aromatic nitrogens is 1. The Hall–Kier alpha value is -3.08. The summed E-state index contributed by atoms with van der Waals surface area (Å²) in [5, 5.41) is 20.3. The molecule has 0 saturated heterocycles. The van der Waals surface area contributed by atoms with Crippen LogP contribution in [0.3, 0.4) is 0 Å². The van der Waals surface area contributed by atoms with Crippen LogP contribution in [0.5, 0.6) is 5.75 Å². The zero-order chi connectivity index (χ0) is 24.5. The molecule has 3 aromatic rings. The molecule has 0 aliphatic carbocycles. The number of phenols is 1. The highest BCUT2D eigenvalue weighted by molar-refractivity contribution is 5.97. The number of unbranched alkanes of at least 4 members (excludes halogenated alkanes) is 5. The number of aryl methyl sites for hydroxylation is 1. The Bertz CT molecular complexity index is 1080. The van der Waals surface area contributed by atoms with Crippen LogP contribution in [-0.2, 0) is 11.2 Å². The molecule has 0 bridgehead atoms. The first-order chi connectivity index (χ1) is 16.4. The predicted molar refractivity (Wildman–Crippen MR) is 141 cm³/mol. The van der Waals surface area contributed by atoms with Gasteiger partial charge in [0.25, 0.3) is 0 Å². The monoisotopic (exact) mass is 462 g/mol. The van der Waals surface area contributed by atoms with Gasteiger partial charge in [0.05, 0.1) is 5.52 Å². The third-order valence-electron chi connectivity index (χ3n) is 6.09. The zero-order valence-electron chi connectivity index (χ0n) is 20.8. The fourth-order valence-electron chi connectivity index (χ4n) is 4.41. The Morgan fingerprint density at radius 3 is 2.35 bits per heavy atom. The lowest BCUT2D eigenvalue weighted by molar-refractivity contribution is -0.135. The number of hydrogen-bond donors (Lipinski definition) is 2. The van der Waals surface area contributed by atoms with Crippen LogP contribution in [-0.4, -0.2) is 34.3 Å². The largest absolute Gasteiger partial charge is 0.508 e. The van der Waals surface area contributed by atoms with E-state index < -0.39 is 5.97 Å². The van der Waals surface area contributed by atoms with Crippen molar-refractivity contribution < 1.29 is 15.0 Å². The lowest BCUT2D eigenvalue weighted by Crippen LogP contribution is -2.33. The molecule has 1 heterocycles. The molecule has 182 valence electrons. The SMILES string of the molecule is CCCCCCCCc1ccc2nc(N(CC(=O)O)CC(C)C)cc(-c3ccc(O)cc3)c2c1. The molecule has 1 aromatic heterocycles. The summed E-state index contributed by atoms with van der Waals surface area (Å²) in [6.45, 7) is 6.90. The number of carboxylic acids is 1. The van der Waals surface area contributed by atoms with E-state index in [4.69, 9.17) is 4.98 Å². The molecule has 0 aliphatic rings. The number of fused-ring (bicyclic) bond motifs is 1. The molecule has 0 spiro atoms. The average molecular weight is 463 g/mol. The third kappa shape index (κ3) is 7.21. The number of hydrogen-bond acceptors (Lipinski definition) is 4. The summed E-state index contributed by atoms with van der Waals surface area (Å²) in [6, 6.07) is 15.6. The summed E-state index contributed by atoms with van der Waals surface area (Å²) in [5.41, 5.74) is 4.13. The first-order valence-corrected chi connectivity index (χ1v) is 12.6. The van der Waals surface area contributed by atoms with Crippen molar-refractivity contribution >= 4 is 22.7 Å². The maximum absolute atomic E-state index is 11.6. The number of carbonyl (C=O) groups is 1. The van der Waals surface area contributed by atoms with Gasteiger partial charge in [-0.2, -0.15) is 0 Å². The quantitative estimate of drug-likeness (QED) is 0.266. The van der Waals surface area contributed by atoms with Gasteiger partial charge >= 0.3 is 5.97 Å². The number of pyridine rings is 1. The van der Waals surface area contributed by atoms with Crippen LogP contribution in [0.1, 0.15) is 64.9 Å². The average Bonchev–Trinajstić information content (AvgIpc) is 2.80. The van der Waals surface area contributed by atoms with Crippen molar-refractivity contribution in [3.05, 3.63) is 54.1 Å². The van der Waals surface area contributed by atoms with E-state index in [1.54, 1.807) is 12.1 Å². The zero-order valence-corrected chi connectivity index (χ0v) is 20.8. The minimum Gasteiger partial charge on any atom is -0.508 e. The summed E-state index contributed by atoms with van der Waals surface area (Å²) >= 11 is 0.